The van der Waals surface area contributed by atoms with Crippen LogP contribution in [0.5, 0.6) is 0 Å². The molecule has 7 nitrogen and oxygen atoms in total. The summed E-state index contributed by atoms with van der Waals surface area (Å²) in [5.41, 5.74) is 1.80. The summed E-state index contributed by atoms with van der Waals surface area (Å²) in [4.78, 5) is 24.2. The van der Waals surface area contributed by atoms with Gasteiger partial charge in [-0.15, -0.1) is 0 Å². The molecule has 0 spiro atoms. The molecule has 0 aliphatic rings. The van der Waals surface area contributed by atoms with Gasteiger partial charge in [-0.1, -0.05) is 26.8 Å². The highest BCUT2D eigenvalue weighted by Crippen LogP contribution is 2.38. The number of ketones is 1. The first-order valence-electron chi connectivity index (χ1n) is 10.8. The van der Waals surface area contributed by atoms with Gasteiger partial charge in [-0.3, -0.25) is 9.59 Å². The van der Waals surface area contributed by atoms with Crippen molar-refractivity contribution >= 4 is 28.9 Å². The smallest absolute Gasteiger partial charge is 0.466 e. The number of rotatable bonds is 15. The van der Waals surface area contributed by atoms with Crippen molar-refractivity contribution in [2.24, 2.45) is 0 Å². The fourth-order valence-corrected chi connectivity index (χ4v) is 5.94. The van der Waals surface area contributed by atoms with Crippen LogP contribution < -0.4 is 0 Å². The first-order chi connectivity index (χ1) is 13.9. The van der Waals surface area contributed by atoms with E-state index in [4.69, 9.17) is 22.4 Å². The zero-order valence-corrected chi connectivity index (χ0v) is 22.3. The largest absolute Gasteiger partial charge is 0.529 e. The summed E-state index contributed by atoms with van der Waals surface area (Å²) in [7, 11) is -5.19. The fourth-order valence-electron chi connectivity index (χ4n) is 2.47. The molecule has 30 heavy (non-hydrogen) atoms. The van der Waals surface area contributed by atoms with Gasteiger partial charge in [-0.25, -0.2) is 0 Å². The van der Waals surface area contributed by atoms with E-state index in [2.05, 4.69) is 33.9 Å². The molecule has 0 saturated heterocycles. The highest BCUT2D eigenvalue weighted by atomic mass is 28.4. The molecular formula is C21H42O7Si2. The quantitative estimate of drug-likeness (QED) is 0.202. The van der Waals surface area contributed by atoms with Crippen molar-refractivity contribution in [2.45, 2.75) is 85.5 Å². The van der Waals surface area contributed by atoms with Gasteiger partial charge in [0.1, 0.15) is 12.2 Å². The number of carbonyl (C=O) groups excluding carboxylic acids is 2. The Hall–Kier alpha value is -0.846. The van der Waals surface area contributed by atoms with E-state index in [1.54, 1.807) is 12.6 Å². The van der Waals surface area contributed by atoms with Gasteiger partial charge in [0.2, 0.25) is 0 Å². The molecule has 0 rings (SSSR count). The minimum atomic E-state index is -3.02. The Morgan fingerprint density at radius 3 is 1.80 bits per heavy atom. The molecular weight excluding hydrogens is 420 g/mol. The van der Waals surface area contributed by atoms with Crippen LogP contribution in [0.3, 0.4) is 0 Å². The SMILES string of the molecule is CCOC(=O)CC(=O)C[C@H](/C=C/[Si](OCC)(OCC)OCC)O[Si](C)(C)C(C)(C)C. The molecule has 1 atom stereocenters. The minimum absolute atomic E-state index is 0.0302. The topological polar surface area (TPSA) is 80.3 Å². The van der Waals surface area contributed by atoms with Crippen molar-refractivity contribution in [3.63, 3.8) is 0 Å². The Balaban J connectivity index is 5.70. The molecule has 176 valence electrons. The third-order valence-corrected chi connectivity index (χ3v) is 12.1. The van der Waals surface area contributed by atoms with Gasteiger partial charge >= 0.3 is 14.8 Å². The zero-order chi connectivity index (χ0) is 23.4. The summed E-state index contributed by atoms with van der Waals surface area (Å²) in [6.45, 7) is 19.7. The van der Waals surface area contributed by atoms with E-state index in [1.165, 1.54) is 0 Å². The van der Waals surface area contributed by atoms with Gasteiger partial charge in [0, 0.05) is 26.2 Å². The van der Waals surface area contributed by atoms with Crippen molar-refractivity contribution < 1.29 is 32.0 Å². The maximum Gasteiger partial charge on any atom is 0.529 e. The highest BCUT2D eigenvalue weighted by Gasteiger charge is 2.41. The van der Waals surface area contributed by atoms with E-state index in [1.807, 2.05) is 26.8 Å². The van der Waals surface area contributed by atoms with Crippen LogP contribution in [0.25, 0.3) is 0 Å². The Morgan fingerprint density at radius 1 is 0.900 bits per heavy atom. The van der Waals surface area contributed by atoms with E-state index >= 15 is 0 Å². The van der Waals surface area contributed by atoms with Crippen molar-refractivity contribution in [1.82, 2.24) is 0 Å². The van der Waals surface area contributed by atoms with Crippen LogP contribution >= 0.6 is 0 Å². The average molecular weight is 463 g/mol. The van der Waals surface area contributed by atoms with Gasteiger partial charge in [0.25, 0.3) is 0 Å². The summed E-state index contributed by atoms with van der Waals surface area (Å²) in [5.74, 6) is -0.738. The van der Waals surface area contributed by atoms with Crippen LogP contribution in [-0.4, -0.2) is 61.4 Å². The molecule has 0 bridgehead atoms. The Morgan fingerprint density at radius 2 is 1.40 bits per heavy atom. The Kier molecular flexibility index (Phi) is 13.2. The Labute approximate surface area is 184 Å². The van der Waals surface area contributed by atoms with E-state index in [9.17, 15) is 9.59 Å². The average Bonchev–Trinajstić information content (AvgIpc) is 2.59. The minimum Gasteiger partial charge on any atom is -0.466 e. The normalized spacial score (nSPS) is 14.2. The standard InChI is InChI=1S/C21H42O7Si2/c1-10-24-20(23)17-18(22)16-19(28-29(8,9)21(5,6)7)14-15-30(25-11-2,26-12-3)27-13-4/h14-15,19H,10-13,16-17H2,1-9H3/b15-14+/t19-/m0/s1. The van der Waals surface area contributed by atoms with Crippen LogP contribution in [0.4, 0.5) is 0 Å². The lowest BCUT2D eigenvalue weighted by Crippen LogP contribution is -2.46. The number of carbonyl (C=O) groups is 2. The van der Waals surface area contributed by atoms with Crippen LogP contribution in [0, 0.1) is 0 Å². The van der Waals surface area contributed by atoms with E-state index in [0.717, 1.165) is 0 Å². The van der Waals surface area contributed by atoms with Crippen molar-refractivity contribution in [3.8, 4) is 0 Å². The van der Waals surface area contributed by atoms with Gasteiger partial charge < -0.3 is 22.4 Å². The molecule has 0 amide bonds. The van der Waals surface area contributed by atoms with E-state index in [0.29, 0.717) is 19.8 Å². The molecule has 0 aromatic heterocycles. The van der Waals surface area contributed by atoms with Crippen molar-refractivity contribution in [1.29, 1.82) is 0 Å². The van der Waals surface area contributed by atoms with Gasteiger partial charge in [0.15, 0.2) is 8.32 Å². The maximum absolute atomic E-state index is 12.5. The molecule has 0 N–H and O–H groups in total. The summed E-state index contributed by atoms with van der Waals surface area (Å²) in [6.07, 6.45) is 1.14. The molecule has 0 fully saturated rings. The Bertz CT molecular complexity index is 539. The molecule has 0 aliphatic heterocycles. The van der Waals surface area contributed by atoms with Gasteiger partial charge in [-0.2, -0.15) is 0 Å². The predicted molar refractivity (Wildman–Crippen MR) is 123 cm³/mol. The maximum atomic E-state index is 12.5. The van der Waals surface area contributed by atoms with Crippen LogP contribution in [-0.2, 0) is 32.0 Å². The molecule has 9 heteroatoms. The molecule has 0 aromatic carbocycles. The number of hydrogen-bond donors (Lipinski definition) is 0. The molecule has 0 unspecified atom stereocenters. The van der Waals surface area contributed by atoms with Crippen LogP contribution in [0.1, 0.15) is 61.3 Å². The van der Waals surface area contributed by atoms with Crippen molar-refractivity contribution in [2.75, 3.05) is 26.4 Å². The van der Waals surface area contributed by atoms with Crippen molar-refractivity contribution in [3.05, 3.63) is 11.8 Å². The van der Waals surface area contributed by atoms with E-state index in [-0.39, 0.29) is 30.3 Å². The number of ether oxygens (including phenoxy) is 1. The third kappa shape index (κ3) is 10.5. The van der Waals surface area contributed by atoms with Gasteiger partial charge in [-0.05, 0) is 51.5 Å². The van der Waals surface area contributed by atoms with E-state index < -0.39 is 29.2 Å². The highest BCUT2D eigenvalue weighted by molar-refractivity contribution is 6.74. The lowest BCUT2D eigenvalue weighted by atomic mass is 10.1. The van der Waals surface area contributed by atoms with Crippen LogP contribution in [0.2, 0.25) is 18.1 Å². The fraction of sp³-hybridized carbons (Fsp3) is 0.810. The number of Topliss-reactive ketones (excluding diaryl/α,β-unsaturated/α-hetero) is 1. The summed E-state index contributed by atoms with van der Waals surface area (Å²) in [6, 6.07) is 0. The lowest BCUT2D eigenvalue weighted by Gasteiger charge is -2.38. The first-order valence-corrected chi connectivity index (χ1v) is 15.5. The predicted octanol–water partition coefficient (Wildman–Crippen LogP) is 4.43. The second-order valence-corrected chi connectivity index (χ2v) is 15.6. The molecule has 0 aromatic rings. The molecule has 0 heterocycles. The summed E-state index contributed by atoms with van der Waals surface area (Å²) >= 11 is 0. The first kappa shape index (κ1) is 29.2. The second kappa shape index (κ2) is 13.5. The molecule has 0 saturated carbocycles. The molecule has 0 aliphatic carbocycles. The number of esters is 1. The molecule has 0 radical (unpaired) electrons. The summed E-state index contributed by atoms with van der Waals surface area (Å²) in [5, 5.41) is -0.0302. The van der Waals surface area contributed by atoms with Crippen LogP contribution in [0.15, 0.2) is 11.8 Å². The van der Waals surface area contributed by atoms with Gasteiger partial charge in [0.05, 0.1) is 12.7 Å². The summed E-state index contributed by atoms with van der Waals surface area (Å²) < 4.78 is 29.0. The lowest BCUT2D eigenvalue weighted by molar-refractivity contribution is -0.145. The second-order valence-electron chi connectivity index (χ2n) is 8.40. The third-order valence-electron chi connectivity index (χ3n) is 4.88. The number of hydrogen-bond acceptors (Lipinski definition) is 7. The monoisotopic (exact) mass is 462 g/mol. The zero-order valence-electron chi connectivity index (χ0n) is 20.3.